The standard InChI is InChI=1S/C17H17ClN2/c1-13(20)17(12-19,15-5-3-2-4-6-15)11-14-7-9-16(18)10-8-14/h2-10,13H,11,20H2,1H3. The lowest BCUT2D eigenvalue weighted by atomic mass is 9.72. The maximum Gasteiger partial charge on any atom is 0.101 e. The molecule has 0 saturated carbocycles. The van der Waals surface area contributed by atoms with E-state index < -0.39 is 5.41 Å². The molecule has 3 heteroatoms. The topological polar surface area (TPSA) is 49.8 Å². The van der Waals surface area contributed by atoms with Gasteiger partial charge in [0.2, 0.25) is 0 Å². The number of rotatable bonds is 4. The van der Waals surface area contributed by atoms with Crippen molar-refractivity contribution in [2.75, 3.05) is 0 Å². The van der Waals surface area contributed by atoms with Gasteiger partial charge in [-0.2, -0.15) is 5.26 Å². The van der Waals surface area contributed by atoms with Gasteiger partial charge in [0.15, 0.2) is 0 Å². The van der Waals surface area contributed by atoms with Gasteiger partial charge < -0.3 is 5.73 Å². The Morgan fingerprint density at radius 3 is 2.25 bits per heavy atom. The van der Waals surface area contributed by atoms with Crippen LogP contribution in [0.4, 0.5) is 0 Å². The molecule has 0 spiro atoms. The molecular weight excluding hydrogens is 268 g/mol. The number of halogens is 1. The second-order valence-electron chi connectivity index (χ2n) is 5.04. The molecule has 2 aromatic rings. The Bertz CT molecular complexity index is 599. The first-order valence-electron chi connectivity index (χ1n) is 6.55. The van der Waals surface area contributed by atoms with Crippen molar-refractivity contribution in [2.24, 2.45) is 5.73 Å². The van der Waals surface area contributed by atoms with Crippen molar-refractivity contribution in [1.82, 2.24) is 0 Å². The molecule has 2 unspecified atom stereocenters. The van der Waals surface area contributed by atoms with Gasteiger partial charge in [0.05, 0.1) is 6.07 Å². The Labute approximate surface area is 124 Å². The van der Waals surface area contributed by atoms with E-state index in [-0.39, 0.29) is 6.04 Å². The van der Waals surface area contributed by atoms with Crippen molar-refractivity contribution in [1.29, 1.82) is 5.26 Å². The summed E-state index contributed by atoms with van der Waals surface area (Å²) in [5.41, 5.74) is 7.42. The molecular formula is C17H17ClN2. The van der Waals surface area contributed by atoms with Crippen LogP contribution in [0.3, 0.4) is 0 Å². The van der Waals surface area contributed by atoms with Crippen LogP contribution in [-0.2, 0) is 11.8 Å². The van der Waals surface area contributed by atoms with Crippen molar-refractivity contribution >= 4 is 11.6 Å². The van der Waals surface area contributed by atoms with E-state index in [9.17, 15) is 5.26 Å². The molecule has 0 aliphatic rings. The van der Waals surface area contributed by atoms with Gasteiger partial charge in [-0.05, 0) is 36.6 Å². The highest BCUT2D eigenvalue weighted by molar-refractivity contribution is 6.30. The minimum Gasteiger partial charge on any atom is -0.326 e. The minimum atomic E-state index is -0.727. The van der Waals surface area contributed by atoms with Crippen molar-refractivity contribution in [2.45, 2.75) is 24.8 Å². The van der Waals surface area contributed by atoms with Crippen LogP contribution in [-0.4, -0.2) is 6.04 Å². The zero-order valence-electron chi connectivity index (χ0n) is 11.4. The molecule has 2 nitrogen and oxygen atoms in total. The highest BCUT2D eigenvalue weighted by Crippen LogP contribution is 2.31. The van der Waals surface area contributed by atoms with Crippen LogP contribution in [0.25, 0.3) is 0 Å². The Balaban J connectivity index is 2.43. The average Bonchev–Trinajstić information content (AvgIpc) is 2.47. The molecule has 0 heterocycles. The van der Waals surface area contributed by atoms with Gasteiger partial charge in [-0.1, -0.05) is 54.1 Å². The van der Waals surface area contributed by atoms with Crippen molar-refractivity contribution < 1.29 is 0 Å². The fourth-order valence-electron chi connectivity index (χ4n) is 2.39. The first-order chi connectivity index (χ1) is 9.58. The van der Waals surface area contributed by atoms with Gasteiger partial charge in [0.1, 0.15) is 5.41 Å². The minimum absolute atomic E-state index is 0.273. The first kappa shape index (κ1) is 14.6. The van der Waals surface area contributed by atoms with E-state index in [0.29, 0.717) is 11.4 Å². The molecule has 20 heavy (non-hydrogen) atoms. The van der Waals surface area contributed by atoms with Crippen LogP contribution < -0.4 is 5.73 Å². The summed E-state index contributed by atoms with van der Waals surface area (Å²) in [6, 6.07) is 19.5. The lowest BCUT2D eigenvalue weighted by Crippen LogP contribution is -2.44. The Hall–Kier alpha value is -1.82. The molecule has 2 atom stereocenters. The van der Waals surface area contributed by atoms with Crippen LogP contribution in [0.2, 0.25) is 5.02 Å². The van der Waals surface area contributed by atoms with E-state index in [1.165, 1.54) is 0 Å². The maximum absolute atomic E-state index is 9.76. The molecule has 0 saturated heterocycles. The number of nitrogens with zero attached hydrogens (tertiary/aromatic N) is 1. The molecule has 0 radical (unpaired) electrons. The molecule has 2 N–H and O–H groups in total. The summed E-state index contributed by atoms with van der Waals surface area (Å²) < 4.78 is 0. The van der Waals surface area contributed by atoms with Crippen molar-refractivity contribution in [3.05, 3.63) is 70.7 Å². The monoisotopic (exact) mass is 284 g/mol. The molecule has 2 rings (SSSR count). The van der Waals surface area contributed by atoms with Gasteiger partial charge in [0.25, 0.3) is 0 Å². The Morgan fingerprint density at radius 1 is 1.15 bits per heavy atom. The number of nitrogens with two attached hydrogens (primary N) is 1. The number of nitriles is 1. The summed E-state index contributed by atoms with van der Waals surface area (Å²) in [6.07, 6.45) is 0.572. The molecule has 0 aliphatic heterocycles. The fourth-order valence-corrected chi connectivity index (χ4v) is 2.52. The quantitative estimate of drug-likeness (QED) is 0.931. The Kier molecular flexibility index (Phi) is 4.44. The second kappa shape index (κ2) is 6.09. The largest absolute Gasteiger partial charge is 0.326 e. The van der Waals surface area contributed by atoms with Crippen LogP contribution >= 0.6 is 11.6 Å². The third-order valence-corrected chi connectivity index (χ3v) is 3.91. The third-order valence-electron chi connectivity index (χ3n) is 3.66. The van der Waals surface area contributed by atoms with Crippen molar-refractivity contribution in [3.63, 3.8) is 0 Å². The van der Waals surface area contributed by atoms with Gasteiger partial charge in [0, 0.05) is 11.1 Å². The zero-order chi connectivity index (χ0) is 14.6. The molecule has 2 aromatic carbocycles. The zero-order valence-corrected chi connectivity index (χ0v) is 12.1. The van der Waals surface area contributed by atoms with Gasteiger partial charge in [-0.3, -0.25) is 0 Å². The summed E-state index contributed by atoms with van der Waals surface area (Å²) in [4.78, 5) is 0. The predicted octanol–water partition coefficient (Wildman–Crippen LogP) is 3.69. The molecule has 0 aromatic heterocycles. The lowest BCUT2D eigenvalue weighted by molar-refractivity contribution is 0.454. The van der Waals surface area contributed by atoms with Gasteiger partial charge in [-0.15, -0.1) is 0 Å². The summed E-state index contributed by atoms with van der Waals surface area (Å²) >= 11 is 5.91. The van der Waals surface area contributed by atoms with Crippen LogP contribution in [0.15, 0.2) is 54.6 Å². The SMILES string of the molecule is CC(N)C(C#N)(Cc1ccc(Cl)cc1)c1ccccc1. The van der Waals surface area contributed by atoms with E-state index in [1.54, 1.807) is 0 Å². The summed E-state index contributed by atoms with van der Waals surface area (Å²) in [7, 11) is 0. The van der Waals surface area contributed by atoms with Crippen molar-refractivity contribution in [3.8, 4) is 6.07 Å². The normalized spacial score (nSPS) is 15.1. The summed E-state index contributed by atoms with van der Waals surface area (Å²) in [6.45, 7) is 1.88. The predicted molar refractivity (Wildman–Crippen MR) is 82.5 cm³/mol. The van der Waals surface area contributed by atoms with Crippen LogP contribution in [0.5, 0.6) is 0 Å². The maximum atomic E-state index is 9.76. The van der Waals surface area contributed by atoms with E-state index in [0.717, 1.165) is 11.1 Å². The summed E-state index contributed by atoms with van der Waals surface area (Å²) in [5.74, 6) is 0. The van der Waals surface area contributed by atoms with Gasteiger partial charge >= 0.3 is 0 Å². The summed E-state index contributed by atoms with van der Waals surface area (Å²) in [5, 5.41) is 10.5. The highest BCUT2D eigenvalue weighted by Gasteiger charge is 2.36. The average molecular weight is 285 g/mol. The number of hydrogen-bond donors (Lipinski definition) is 1. The smallest absolute Gasteiger partial charge is 0.101 e. The number of hydrogen-bond acceptors (Lipinski definition) is 2. The van der Waals surface area contributed by atoms with E-state index in [2.05, 4.69) is 6.07 Å². The Morgan fingerprint density at radius 2 is 1.75 bits per heavy atom. The third kappa shape index (κ3) is 2.85. The number of benzene rings is 2. The molecule has 0 aliphatic carbocycles. The van der Waals surface area contributed by atoms with E-state index >= 15 is 0 Å². The molecule has 0 bridgehead atoms. The second-order valence-corrected chi connectivity index (χ2v) is 5.48. The van der Waals surface area contributed by atoms with Crippen LogP contribution in [0, 0.1) is 11.3 Å². The molecule has 102 valence electrons. The lowest BCUT2D eigenvalue weighted by Gasteiger charge is -2.31. The molecule has 0 amide bonds. The highest BCUT2D eigenvalue weighted by atomic mass is 35.5. The van der Waals surface area contributed by atoms with Crippen LogP contribution in [0.1, 0.15) is 18.1 Å². The van der Waals surface area contributed by atoms with E-state index in [1.807, 2.05) is 61.5 Å². The molecule has 0 fully saturated rings. The van der Waals surface area contributed by atoms with E-state index in [4.69, 9.17) is 17.3 Å². The first-order valence-corrected chi connectivity index (χ1v) is 6.93. The van der Waals surface area contributed by atoms with Gasteiger partial charge in [-0.25, -0.2) is 0 Å². The fraction of sp³-hybridized carbons (Fsp3) is 0.235.